The molecule has 1 heterocycles. The second-order valence-corrected chi connectivity index (χ2v) is 6.09. The van der Waals surface area contributed by atoms with E-state index < -0.39 is 28.6 Å². The number of carbonyl (C=O) groups is 1. The third-order valence-electron chi connectivity index (χ3n) is 3.10. The van der Waals surface area contributed by atoms with Crippen molar-refractivity contribution in [3.63, 3.8) is 0 Å². The van der Waals surface area contributed by atoms with Crippen LogP contribution in [-0.2, 0) is 11.3 Å². The highest BCUT2D eigenvalue weighted by molar-refractivity contribution is 7.80. The molecule has 0 aliphatic carbocycles. The Morgan fingerprint density at radius 1 is 1.46 bits per heavy atom. The minimum atomic E-state index is -2.42. The van der Waals surface area contributed by atoms with Gasteiger partial charge < -0.3 is 5.32 Å². The molecule has 0 radical (unpaired) electrons. The Morgan fingerprint density at radius 2 is 2.21 bits per heavy atom. The molecule has 0 aliphatic heterocycles. The molecule has 1 atom stereocenters. The molecule has 1 aromatic heterocycles. The van der Waals surface area contributed by atoms with Crippen molar-refractivity contribution in [1.29, 1.82) is 0 Å². The number of anilines is 2. The van der Waals surface area contributed by atoms with Crippen LogP contribution in [0.25, 0.3) is 0 Å². The summed E-state index contributed by atoms with van der Waals surface area (Å²) in [7, 11) is 0. The standard InChI is InChI=1S/C15H15ClFN3O3S/c1-2-8-20(24(22)23)12-6-5-11(16)13(14(12)17)15(21)19-10-4-3-7-18-9-10/h3-7,9H,2,8H2,1H3,(H,19,21)(H,22,23). The molecular weight excluding hydrogens is 357 g/mol. The largest absolute Gasteiger partial charge is 0.320 e. The van der Waals surface area contributed by atoms with Gasteiger partial charge in [0.25, 0.3) is 17.2 Å². The number of aromatic nitrogens is 1. The fourth-order valence-corrected chi connectivity index (χ4v) is 2.94. The number of amides is 1. The van der Waals surface area contributed by atoms with Gasteiger partial charge >= 0.3 is 0 Å². The van der Waals surface area contributed by atoms with Gasteiger partial charge in [0, 0.05) is 12.7 Å². The van der Waals surface area contributed by atoms with Gasteiger partial charge in [-0.3, -0.25) is 18.6 Å². The molecule has 9 heteroatoms. The summed E-state index contributed by atoms with van der Waals surface area (Å²) < 4.78 is 36.5. The van der Waals surface area contributed by atoms with Gasteiger partial charge in [0.15, 0.2) is 5.82 Å². The fraction of sp³-hybridized carbons (Fsp3) is 0.200. The van der Waals surface area contributed by atoms with Crippen molar-refractivity contribution >= 4 is 40.1 Å². The summed E-state index contributed by atoms with van der Waals surface area (Å²) in [5.74, 6) is -1.73. The van der Waals surface area contributed by atoms with Gasteiger partial charge in [-0.25, -0.2) is 8.60 Å². The Kier molecular flexibility index (Phi) is 6.24. The highest BCUT2D eigenvalue weighted by Gasteiger charge is 2.24. The van der Waals surface area contributed by atoms with Crippen molar-refractivity contribution in [1.82, 2.24) is 4.98 Å². The Balaban J connectivity index is 2.41. The second kappa shape index (κ2) is 8.18. The van der Waals surface area contributed by atoms with Crippen molar-refractivity contribution in [2.75, 3.05) is 16.2 Å². The van der Waals surface area contributed by atoms with Crippen LogP contribution in [-0.4, -0.2) is 26.2 Å². The lowest BCUT2D eigenvalue weighted by molar-refractivity contribution is 0.102. The van der Waals surface area contributed by atoms with Crippen LogP contribution >= 0.6 is 11.6 Å². The van der Waals surface area contributed by atoms with Gasteiger partial charge in [-0.1, -0.05) is 18.5 Å². The van der Waals surface area contributed by atoms with Gasteiger partial charge in [0.2, 0.25) is 0 Å². The van der Waals surface area contributed by atoms with Crippen LogP contribution in [0.3, 0.4) is 0 Å². The van der Waals surface area contributed by atoms with Crippen molar-refractivity contribution in [3.05, 3.63) is 53.1 Å². The van der Waals surface area contributed by atoms with Gasteiger partial charge in [-0.05, 0) is 30.7 Å². The monoisotopic (exact) mass is 371 g/mol. The molecule has 0 saturated heterocycles. The zero-order valence-electron chi connectivity index (χ0n) is 12.7. The van der Waals surface area contributed by atoms with E-state index in [0.29, 0.717) is 12.1 Å². The smallest absolute Gasteiger partial charge is 0.261 e. The van der Waals surface area contributed by atoms with E-state index >= 15 is 0 Å². The lowest BCUT2D eigenvalue weighted by atomic mass is 10.1. The maximum atomic E-state index is 14.8. The SMILES string of the molecule is CCCN(c1ccc(Cl)c(C(=O)Nc2cccnc2)c1F)S(=O)O. The summed E-state index contributed by atoms with van der Waals surface area (Å²) in [6.07, 6.45) is 3.45. The number of benzene rings is 1. The quantitative estimate of drug-likeness (QED) is 0.761. The fourth-order valence-electron chi connectivity index (χ4n) is 2.06. The molecule has 2 aromatic rings. The number of pyridine rings is 1. The molecule has 0 bridgehead atoms. The molecular formula is C15H15ClFN3O3S. The van der Waals surface area contributed by atoms with E-state index in [1.54, 1.807) is 19.1 Å². The van der Waals surface area contributed by atoms with Gasteiger partial charge in [0.1, 0.15) is 0 Å². The van der Waals surface area contributed by atoms with E-state index in [1.807, 2.05) is 0 Å². The van der Waals surface area contributed by atoms with Crippen LogP contribution in [0.5, 0.6) is 0 Å². The van der Waals surface area contributed by atoms with Crippen LogP contribution in [0.15, 0.2) is 36.7 Å². The Hall–Kier alpha value is -2.03. The predicted octanol–water partition coefficient (Wildman–Crippen LogP) is 3.48. The molecule has 1 aromatic carbocycles. The minimum absolute atomic E-state index is 0.0992. The average Bonchev–Trinajstić information content (AvgIpc) is 2.54. The summed E-state index contributed by atoms with van der Waals surface area (Å²) in [6, 6.07) is 5.78. The molecule has 2 N–H and O–H groups in total. The van der Waals surface area contributed by atoms with Crippen LogP contribution < -0.4 is 9.62 Å². The average molecular weight is 372 g/mol. The zero-order valence-corrected chi connectivity index (χ0v) is 14.3. The summed E-state index contributed by atoms with van der Waals surface area (Å²) in [4.78, 5) is 16.2. The van der Waals surface area contributed by atoms with Crippen LogP contribution in [0.2, 0.25) is 5.02 Å². The van der Waals surface area contributed by atoms with Crippen LogP contribution in [0.1, 0.15) is 23.7 Å². The first kappa shape index (κ1) is 18.3. The second-order valence-electron chi connectivity index (χ2n) is 4.78. The summed E-state index contributed by atoms with van der Waals surface area (Å²) in [5.41, 5.74) is -0.192. The molecule has 0 fully saturated rings. The highest BCUT2D eigenvalue weighted by Crippen LogP contribution is 2.29. The lowest BCUT2D eigenvalue weighted by Crippen LogP contribution is -2.28. The Bertz CT molecular complexity index is 761. The van der Waals surface area contributed by atoms with Crippen LogP contribution in [0, 0.1) is 5.82 Å². The van der Waals surface area contributed by atoms with E-state index in [9.17, 15) is 17.9 Å². The van der Waals surface area contributed by atoms with Crippen LogP contribution in [0.4, 0.5) is 15.8 Å². The predicted molar refractivity (Wildman–Crippen MR) is 92.0 cm³/mol. The van der Waals surface area contributed by atoms with E-state index in [4.69, 9.17) is 11.6 Å². The number of nitrogens with one attached hydrogen (secondary N) is 1. The van der Waals surface area contributed by atoms with Crippen molar-refractivity contribution in [2.45, 2.75) is 13.3 Å². The van der Waals surface area contributed by atoms with E-state index in [2.05, 4.69) is 10.3 Å². The van der Waals surface area contributed by atoms with Gasteiger partial charge in [0.05, 0.1) is 28.2 Å². The Morgan fingerprint density at radius 3 is 2.79 bits per heavy atom. The number of halogens is 2. The first-order chi connectivity index (χ1) is 11.5. The molecule has 0 spiro atoms. The zero-order chi connectivity index (χ0) is 17.7. The Labute approximate surface area is 146 Å². The topological polar surface area (TPSA) is 82.5 Å². The molecule has 2 rings (SSSR count). The molecule has 6 nitrogen and oxygen atoms in total. The summed E-state index contributed by atoms with van der Waals surface area (Å²) in [6.45, 7) is 1.93. The third kappa shape index (κ3) is 4.08. The van der Waals surface area contributed by atoms with E-state index in [-0.39, 0.29) is 17.3 Å². The van der Waals surface area contributed by atoms with E-state index in [0.717, 1.165) is 4.31 Å². The molecule has 1 amide bonds. The summed E-state index contributed by atoms with van der Waals surface area (Å²) >= 11 is 3.53. The molecule has 128 valence electrons. The number of hydrogen-bond donors (Lipinski definition) is 2. The lowest BCUT2D eigenvalue weighted by Gasteiger charge is -2.21. The van der Waals surface area contributed by atoms with Gasteiger partial charge in [-0.15, -0.1) is 0 Å². The maximum absolute atomic E-state index is 14.8. The first-order valence-electron chi connectivity index (χ1n) is 7.03. The highest BCUT2D eigenvalue weighted by atomic mass is 35.5. The van der Waals surface area contributed by atoms with Crippen molar-refractivity contribution in [3.8, 4) is 0 Å². The molecule has 24 heavy (non-hydrogen) atoms. The molecule has 0 saturated carbocycles. The third-order valence-corrected chi connectivity index (χ3v) is 4.17. The number of hydrogen-bond acceptors (Lipinski definition) is 3. The number of rotatable bonds is 6. The number of carbonyl (C=O) groups excluding carboxylic acids is 1. The van der Waals surface area contributed by atoms with E-state index in [1.165, 1.54) is 24.5 Å². The van der Waals surface area contributed by atoms with Gasteiger partial charge in [-0.2, -0.15) is 0 Å². The minimum Gasteiger partial charge on any atom is -0.320 e. The number of nitrogens with zero attached hydrogens (tertiary/aromatic N) is 2. The first-order valence-corrected chi connectivity index (χ1v) is 8.47. The maximum Gasteiger partial charge on any atom is 0.261 e. The normalized spacial score (nSPS) is 11.8. The van der Waals surface area contributed by atoms with Crippen molar-refractivity contribution in [2.24, 2.45) is 0 Å². The van der Waals surface area contributed by atoms with Crippen molar-refractivity contribution < 1.29 is 17.9 Å². The molecule has 0 aliphatic rings. The molecule has 1 unspecified atom stereocenters. The summed E-state index contributed by atoms with van der Waals surface area (Å²) in [5, 5.41) is 2.39.